The molecule has 0 unspecified atom stereocenters. The number of nitrogens with one attached hydrogen (secondary N) is 2. The molecule has 2 aromatic carbocycles. The molecule has 178 valence electrons. The van der Waals surface area contributed by atoms with Crippen molar-refractivity contribution >= 4 is 27.5 Å². The Kier molecular flexibility index (Phi) is 8.32. The number of ether oxygens (including phenoxy) is 1. The maximum Gasteiger partial charge on any atom is 0.265 e. The van der Waals surface area contributed by atoms with E-state index in [9.17, 15) is 18.0 Å². The van der Waals surface area contributed by atoms with Crippen molar-refractivity contribution in [3.63, 3.8) is 0 Å². The smallest absolute Gasteiger partial charge is 0.265 e. The Bertz CT molecular complexity index is 1080. The number of carbonyl (C=O) groups excluding carboxylic acids is 2. The molecule has 0 bridgehead atoms. The fourth-order valence-corrected chi connectivity index (χ4v) is 4.98. The standard InChI is InChI=1S/C24H31N3O5S/c1-18-7-10-20(11-8-18)26-33(30,31)22-17-19(9-12-21(22)32-2)24(29)25-14-13-23(28)27-15-5-3-4-6-16-27/h7-12,17,26H,3-6,13-16H2,1-2H3,(H,25,29). The van der Waals surface area contributed by atoms with Gasteiger partial charge in [0, 0.05) is 37.3 Å². The van der Waals surface area contributed by atoms with Gasteiger partial charge in [-0.2, -0.15) is 0 Å². The Hall–Kier alpha value is -3.07. The number of benzene rings is 2. The second kappa shape index (κ2) is 11.2. The van der Waals surface area contributed by atoms with E-state index in [0.29, 0.717) is 5.69 Å². The molecule has 0 aromatic heterocycles. The van der Waals surface area contributed by atoms with Gasteiger partial charge in [-0.25, -0.2) is 8.42 Å². The fraction of sp³-hybridized carbons (Fsp3) is 0.417. The van der Waals surface area contributed by atoms with Crippen LogP contribution in [0.25, 0.3) is 0 Å². The molecule has 0 saturated carbocycles. The fourth-order valence-electron chi connectivity index (χ4n) is 3.72. The predicted octanol–water partition coefficient (Wildman–Crippen LogP) is 3.33. The van der Waals surface area contributed by atoms with E-state index in [1.807, 2.05) is 11.8 Å². The highest BCUT2D eigenvalue weighted by Gasteiger charge is 2.22. The lowest BCUT2D eigenvalue weighted by atomic mass is 10.2. The van der Waals surface area contributed by atoms with E-state index in [1.165, 1.54) is 25.3 Å². The minimum atomic E-state index is -3.99. The van der Waals surface area contributed by atoms with Crippen molar-refractivity contribution in [2.24, 2.45) is 0 Å². The van der Waals surface area contributed by atoms with Gasteiger partial charge in [0.1, 0.15) is 10.6 Å². The van der Waals surface area contributed by atoms with Gasteiger partial charge in [-0.15, -0.1) is 0 Å². The van der Waals surface area contributed by atoms with Crippen LogP contribution in [0.15, 0.2) is 47.4 Å². The zero-order chi connectivity index (χ0) is 23.8. The molecule has 1 aliphatic heterocycles. The number of hydrogen-bond acceptors (Lipinski definition) is 5. The molecule has 33 heavy (non-hydrogen) atoms. The first-order valence-corrected chi connectivity index (χ1v) is 12.6. The third-order valence-electron chi connectivity index (χ3n) is 5.60. The maximum absolute atomic E-state index is 13.0. The number of amides is 2. The molecular weight excluding hydrogens is 442 g/mol. The number of carbonyl (C=O) groups is 2. The number of nitrogens with zero attached hydrogens (tertiary/aromatic N) is 1. The maximum atomic E-state index is 13.0. The molecule has 2 amide bonds. The first-order valence-electron chi connectivity index (χ1n) is 11.1. The Labute approximate surface area is 195 Å². The van der Waals surface area contributed by atoms with Gasteiger partial charge in [0.05, 0.1) is 7.11 Å². The van der Waals surface area contributed by atoms with Crippen LogP contribution in [-0.4, -0.2) is 51.9 Å². The van der Waals surface area contributed by atoms with Crippen molar-refractivity contribution in [1.29, 1.82) is 0 Å². The molecule has 1 heterocycles. The van der Waals surface area contributed by atoms with Gasteiger partial charge in [0.25, 0.3) is 15.9 Å². The highest BCUT2D eigenvalue weighted by atomic mass is 32.2. The van der Waals surface area contributed by atoms with Crippen molar-refractivity contribution in [1.82, 2.24) is 10.2 Å². The molecule has 0 aliphatic carbocycles. The van der Waals surface area contributed by atoms with Crippen LogP contribution in [0.5, 0.6) is 5.75 Å². The van der Waals surface area contributed by atoms with E-state index in [-0.39, 0.29) is 35.1 Å². The van der Waals surface area contributed by atoms with E-state index in [1.54, 1.807) is 24.3 Å². The lowest BCUT2D eigenvalue weighted by Crippen LogP contribution is -2.35. The molecule has 2 N–H and O–H groups in total. The first kappa shape index (κ1) is 24.6. The third kappa shape index (κ3) is 6.71. The van der Waals surface area contributed by atoms with Gasteiger partial charge in [0.15, 0.2) is 0 Å². The van der Waals surface area contributed by atoms with Crippen molar-refractivity contribution < 1.29 is 22.7 Å². The summed E-state index contributed by atoms with van der Waals surface area (Å²) in [4.78, 5) is 26.8. The molecule has 2 aromatic rings. The first-order chi connectivity index (χ1) is 15.8. The summed E-state index contributed by atoms with van der Waals surface area (Å²) >= 11 is 0. The lowest BCUT2D eigenvalue weighted by Gasteiger charge is -2.20. The van der Waals surface area contributed by atoms with Gasteiger partial charge < -0.3 is 15.0 Å². The molecule has 1 fully saturated rings. The third-order valence-corrected chi connectivity index (χ3v) is 7.00. The summed E-state index contributed by atoms with van der Waals surface area (Å²) in [6.45, 7) is 3.62. The van der Waals surface area contributed by atoms with Crippen LogP contribution >= 0.6 is 0 Å². The van der Waals surface area contributed by atoms with Crippen molar-refractivity contribution in [3.05, 3.63) is 53.6 Å². The highest BCUT2D eigenvalue weighted by Crippen LogP contribution is 2.27. The largest absolute Gasteiger partial charge is 0.495 e. The van der Waals surface area contributed by atoms with E-state index in [2.05, 4.69) is 10.0 Å². The summed E-state index contributed by atoms with van der Waals surface area (Å²) < 4.78 is 33.7. The normalized spacial score (nSPS) is 14.3. The summed E-state index contributed by atoms with van der Waals surface area (Å²) in [6, 6.07) is 11.1. The van der Waals surface area contributed by atoms with Crippen LogP contribution in [0.4, 0.5) is 5.69 Å². The predicted molar refractivity (Wildman–Crippen MR) is 127 cm³/mol. The van der Waals surface area contributed by atoms with Crippen molar-refractivity contribution in [2.45, 2.75) is 43.9 Å². The number of anilines is 1. The number of hydrogen-bond donors (Lipinski definition) is 2. The minimum absolute atomic E-state index is 0.0255. The zero-order valence-electron chi connectivity index (χ0n) is 19.1. The molecule has 9 heteroatoms. The quantitative estimate of drug-likeness (QED) is 0.612. The van der Waals surface area contributed by atoms with Gasteiger partial charge in [-0.1, -0.05) is 30.5 Å². The molecule has 1 aliphatic rings. The molecular formula is C24H31N3O5S. The number of likely N-dealkylation sites (tertiary alicyclic amines) is 1. The average molecular weight is 474 g/mol. The zero-order valence-corrected chi connectivity index (χ0v) is 19.9. The van der Waals surface area contributed by atoms with Gasteiger partial charge in [-0.3, -0.25) is 14.3 Å². The number of methoxy groups -OCH3 is 1. The second-order valence-electron chi connectivity index (χ2n) is 8.14. The van der Waals surface area contributed by atoms with Crippen molar-refractivity contribution in [2.75, 3.05) is 31.5 Å². The number of sulfonamides is 1. The Morgan fingerprint density at radius 2 is 1.67 bits per heavy atom. The van der Waals surface area contributed by atoms with E-state index in [0.717, 1.165) is 44.3 Å². The molecule has 0 radical (unpaired) electrons. The average Bonchev–Trinajstić information content (AvgIpc) is 3.09. The number of aryl methyl sites for hydroxylation is 1. The van der Waals surface area contributed by atoms with E-state index >= 15 is 0 Å². The van der Waals surface area contributed by atoms with Crippen LogP contribution in [0.1, 0.15) is 48.0 Å². The second-order valence-corrected chi connectivity index (χ2v) is 9.79. The summed E-state index contributed by atoms with van der Waals surface area (Å²) in [5.41, 5.74) is 1.58. The monoisotopic (exact) mass is 473 g/mol. The Balaban J connectivity index is 1.67. The summed E-state index contributed by atoms with van der Waals surface area (Å²) in [7, 11) is -2.62. The SMILES string of the molecule is COc1ccc(C(=O)NCCC(=O)N2CCCCCC2)cc1S(=O)(=O)Nc1ccc(C)cc1. The van der Waals surface area contributed by atoms with Crippen LogP contribution in [0.2, 0.25) is 0 Å². The minimum Gasteiger partial charge on any atom is -0.495 e. The Morgan fingerprint density at radius 3 is 2.30 bits per heavy atom. The van der Waals surface area contributed by atoms with Crippen LogP contribution < -0.4 is 14.8 Å². The topological polar surface area (TPSA) is 105 Å². The number of rotatable bonds is 8. The summed E-state index contributed by atoms with van der Waals surface area (Å²) in [5.74, 6) is -0.298. The lowest BCUT2D eigenvalue weighted by molar-refractivity contribution is -0.131. The van der Waals surface area contributed by atoms with Crippen LogP contribution in [0, 0.1) is 6.92 Å². The van der Waals surface area contributed by atoms with Crippen LogP contribution in [-0.2, 0) is 14.8 Å². The van der Waals surface area contributed by atoms with Crippen molar-refractivity contribution in [3.8, 4) is 5.75 Å². The molecule has 1 saturated heterocycles. The Morgan fingerprint density at radius 1 is 1.00 bits per heavy atom. The van der Waals surface area contributed by atoms with Gasteiger partial charge >= 0.3 is 0 Å². The van der Waals surface area contributed by atoms with Crippen LogP contribution in [0.3, 0.4) is 0 Å². The molecule has 3 rings (SSSR count). The molecule has 0 spiro atoms. The molecule has 0 atom stereocenters. The highest BCUT2D eigenvalue weighted by molar-refractivity contribution is 7.92. The van der Waals surface area contributed by atoms with E-state index < -0.39 is 15.9 Å². The van der Waals surface area contributed by atoms with Gasteiger partial charge in [-0.05, 0) is 50.1 Å². The summed E-state index contributed by atoms with van der Waals surface area (Å²) in [5, 5.41) is 2.71. The van der Waals surface area contributed by atoms with Gasteiger partial charge in [0.2, 0.25) is 5.91 Å². The summed E-state index contributed by atoms with van der Waals surface area (Å²) in [6.07, 6.45) is 4.52. The van der Waals surface area contributed by atoms with E-state index in [4.69, 9.17) is 4.74 Å². The molecule has 8 nitrogen and oxygen atoms in total.